The van der Waals surface area contributed by atoms with E-state index in [0.717, 1.165) is 32.4 Å². The van der Waals surface area contributed by atoms with Gasteiger partial charge in [-0.05, 0) is 52.4 Å². The third-order valence-electron chi connectivity index (χ3n) is 4.43. The van der Waals surface area contributed by atoms with Gasteiger partial charge in [-0.15, -0.1) is 0 Å². The molecule has 6 heteroatoms. The van der Waals surface area contributed by atoms with Gasteiger partial charge >= 0.3 is 0 Å². The largest absolute Gasteiger partial charge is 0.396 e. The number of carbonyl (C=O) groups is 1. The number of aliphatic hydroxyl groups is 1. The van der Waals surface area contributed by atoms with E-state index in [9.17, 15) is 9.90 Å². The number of nitrogens with one attached hydrogen (secondary N) is 3. The summed E-state index contributed by atoms with van der Waals surface area (Å²) < 4.78 is 0. The van der Waals surface area contributed by atoms with Crippen molar-refractivity contribution < 1.29 is 9.90 Å². The first-order valence-electron chi connectivity index (χ1n) is 9.24. The van der Waals surface area contributed by atoms with Crippen molar-refractivity contribution in [3.8, 4) is 0 Å². The molecule has 0 aromatic carbocycles. The predicted octanol–water partition coefficient (Wildman–Crippen LogP) is 1.79. The maximum Gasteiger partial charge on any atom is 0.242 e. The number of aliphatic imine (C=N–C) groups is 1. The number of nitrogens with zero attached hydrogens (tertiary/aromatic N) is 1. The molecule has 0 saturated heterocycles. The number of hydrogen-bond acceptors (Lipinski definition) is 3. The van der Waals surface area contributed by atoms with Crippen LogP contribution in [0.25, 0.3) is 0 Å². The first kappa shape index (κ1) is 20.7. The van der Waals surface area contributed by atoms with E-state index >= 15 is 0 Å². The molecule has 1 saturated carbocycles. The van der Waals surface area contributed by atoms with Crippen LogP contribution in [0.2, 0.25) is 0 Å². The molecule has 0 spiro atoms. The van der Waals surface area contributed by atoms with Crippen molar-refractivity contribution >= 4 is 11.9 Å². The first-order chi connectivity index (χ1) is 11.3. The first-order valence-corrected chi connectivity index (χ1v) is 9.24. The average Bonchev–Trinajstić information content (AvgIpc) is 2.50. The SMILES string of the molecule is CCNC(=NCC(=O)NC(C)(C)C)NCC1(CCO)CCCCC1. The summed E-state index contributed by atoms with van der Waals surface area (Å²) in [6.07, 6.45) is 6.85. The molecule has 0 radical (unpaired) electrons. The molecule has 1 aliphatic carbocycles. The molecule has 1 rings (SSSR count). The summed E-state index contributed by atoms with van der Waals surface area (Å²) in [4.78, 5) is 16.3. The number of guanidine groups is 1. The van der Waals surface area contributed by atoms with Crippen molar-refractivity contribution in [3.05, 3.63) is 0 Å². The minimum Gasteiger partial charge on any atom is -0.396 e. The van der Waals surface area contributed by atoms with Gasteiger partial charge in [-0.25, -0.2) is 4.99 Å². The molecule has 0 atom stereocenters. The lowest BCUT2D eigenvalue weighted by Gasteiger charge is -2.37. The van der Waals surface area contributed by atoms with Gasteiger partial charge in [-0.3, -0.25) is 4.79 Å². The second-order valence-electron chi connectivity index (χ2n) is 7.88. The fourth-order valence-corrected chi connectivity index (χ4v) is 3.28. The summed E-state index contributed by atoms with van der Waals surface area (Å²) >= 11 is 0. The highest BCUT2D eigenvalue weighted by molar-refractivity contribution is 5.85. The molecule has 0 aromatic rings. The van der Waals surface area contributed by atoms with Gasteiger partial charge in [0.1, 0.15) is 6.54 Å². The summed E-state index contributed by atoms with van der Waals surface area (Å²) in [6.45, 7) is 9.76. The van der Waals surface area contributed by atoms with Crippen molar-refractivity contribution in [1.82, 2.24) is 16.0 Å². The van der Waals surface area contributed by atoms with Gasteiger partial charge in [0, 0.05) is 25.2 Å². The standard InChI is InChI=1S/C18H36N4O2/c1-5-19-16(20-13-15(24)22-17(2,3)4)21-14-18(11-12-23)9-7-6-8-10-18/h23H,5-14H2,1-4H3,(H,22,24)(H2,19,20,21). The maximum absolute atomic E-state index is 11.9. The average molecular weight is 341 g/mol. The van der Waals surface area contributed by atoms with Crippen LogP contribution < -0.4 is 16.0 Å². The number of hydrogen-bond donors (Lipinski definition) is 4. The summed E-state index contributed by atoms with van der Waals surface area (Å²) in [5.41, 5.74) is -0.0947. The molecule has 0 bridgehead atoms. The Morgan fingerprint density at radius 2 is 1.83 bits per heavy atom. The molecule has 0 unspecified atom stereocenters. The smallest absolute Gasteiger partial charge is 0.242 e. The van der Waals surface area contributed by atoms with Gasteiger partial charge in [-0.2, -0.15) is 0 Å². The van der Waals surface area contributed by atoms with Gasteiger partial charge in [0.15, 0.2) is 5.96 Å². The van der Waals surface area contributed by atoms with Crippen LogP contribution in [0.4, 0.5) is 0 Å². The highest BCUT2D eigenvalue weighted by Crippen LogP contribution is 2.38. The second-order valence-corrected chi connectivity index (χ2v) is 7.88. The van der Waals surface area contributed by atoms with Crippen molar-refractivity contribution in [2.45, 2.75) is 71.8 Å². The quantitative estimate of drug-likeness (QED) is 0.420. The fraction of sp³-hybridized carbons (Fsp3) is 0.889. The Kier molecular flexibility index (Phi) is 8.53. The Labute approximate surface area is 146 Å². The van der Waals surface area contributed by atoms with Crippen LogP contribution in [0, 0.1) is 5.41 Å². The molecule has 24 heavy (non-hydrogen) atoms. The van der Waals surface area contributed by atoms with Gasteiger partial charge in [-0.1, -0.05) is 19.3 Å². The maximum atomic E-state index is 11.9. The lowest BCUT2D eigenvalue weighted by atomic mass is 9.72. The van der Waals surface area contributed by atoms with Crippen LogP contribution in [0.1, 0.15) is 66.2 Å². The lowest BCUT2D eigenvalue weighted by molar-refractivity contribution is -0.121. The minimum atomic E-state index is -0.244. The van der Waals surface area contributed by atoms with Crippen molar-refractivity contribution in [3.63, 3.8) is 0 Å². The fourth-order valence-electron chi connectivity index (χ4n) is 3.28. The zero-order valence-corrected chi connectivity index (χ0v) is 15.9. The molecule has 0 aromatic heterocycles. The van der Waals surface area contributed by atoms with Gasteiger partial charge < -0.3 is 21.1 Å². The van der Waals surface area contributed by atoms with Crippen LogP contribution in [0.5, 0.6) is 0 Å². The Balaban J connectivity index is 2.60. The molecule has 1 fully saturated rings. The zero-order valence-electron chi connectivity index (χ0n) is 15.9. The van der Waals surface area contributed by atoms with E-state index in [1.807, 2.05) is 27.7 Å². The highest BCUT2D eigenvalue weighted by Gasteiger charge is 2.31. The van der Waals surface area contributed by atoms with Crippen LogP contribution in [0.3, 0.4) is 0 Å². The number of amides is 1. The topological polar surface area (TPSA) is 85.8 Å². The summed E-state index contributed by atoms with van der Waals surface area (Å²) in [5.74, 6) is 0.590. The molecule has 0 aliphatic heterocycles. The van der Waals surface area contributed by atoms with Crippen molar-refractivity contribution in [2.75, 3.05) is 26.2 Å². The normalized spacial score (nSPS) is 18.1. The van der Waals surface area contributed by atoms with Crippen molar-refractivity contribution in [2.24, 2.45) is 10.4 Å². The highest BCUT2D eigenvalue weighted by atomic mass is 16.3. The zero-order chi connectivity index (χ0) is 18.1. The molecule has 1 aliphatic rings. The third kappa shape index (κ3) is 7.99. The number of carbonyl (C=O) groups excluding carboxylic acids is 1. The Morgan fingerprint density at radius 1 is 1.17 bits per heavy atom. The number of aliphatic hydroxyl groups excluding tert-OH is 1. The molecule has 0 heterocycles. The second kappa shape index (κ2) is 9.87. The van der Waals surface area contributed by atoms with Crippen LogP contribution >= 0.6 is 0 Å². The van der Waals surface area contributed by atoms with E-state index in [2.05, 4.69) is 20.9 Å². The van der Waals surface area contributed by atoms with E-state index < -0.39 is 0 Å². The Bertz CT molecular complexity index is 404. The summed E-state index contributed by atoms with van der Waals surface area (Å²) in [5, 5.41) is 18.9. The summed E-state index contributed by atoms with van der Waals surface area (Å²) in [6, 6.07) is 0. The predicted molar refractivity (Wildman–Crippen MR) is 99.1 cm³/mol. The molecule has 6 nitrogen and oxygen atoms in total. The number of rotatable bonds is 7. The van der Waals surface area contributed by atoms with E-state index in [1.54, 1.807) is 0 Å². The molecule has 1 amide bonds. The van der Waals surface area contributed by atoms with E-state index in [1.165, 1.54) is 19.3 Å². The van der Waals surface area contributed by atoms with Gasteiger partial charge in [0.05, 0.1) is 0 Å². The van der Waals surface area contributed by atoms with Gasteiger partial charge in [0.25, 0.3) is 0 Å². The minimum absolute atomic E-state index is 0.0811. The third-order valence-corrected chi connectivity index (χ3v) is 4.43. The Hall–Kier alpha value is -1.30. The van der Waals surface area contributed by atoms with Gasteiger partial charge in [0.2, 0.25) is 5.91 Å². The molecule has 4 N–H and O–H groups in total. The van der Waals surface area contributed by atoms with E-state index in [0.29, 0.717) is 5.96 Å². The summed E-state index contributed by atoms with van der Waals surface area (Å²) in [7, 11) is 0. The van der Waals surface area contributed by atoms with Crippen LogP contribution in [-0.2, 0) is 4.79 Å². The van der Waals surface area contributed by atoms with E-state index in [-0.39, 0.29) is 30.0 Å². The van der Waals surface area contributed by atoms with Crippen molar-refractivity contribution in [1.29, 1.82) is 0 Å². The monoisotopic (exact) mass is 340 g/mol. The molecular weight excluding hydrogens is 304 g/mol. The van der Waals surface area contributed by atoms with E-state index in [4.69, 9.17) is 0 Å². The Morgan fingerprint density at radius 3 is 2.38 bits per heavy atom. The molecule has 140 valence electrons. The van der Waals surface area contributed by atoms with Crippen LogP contribution in [0.15, 0.2) is 4.99 Å². The molecular formula is C18H36N4O2. The van der Waals surface area contributed by atoms with Crippen LogP contribution in [-0.4, -0.2) is 48.8 Å². The lowest BCUT2D eigenvalue weighted by Crippen LogP contribution is -2.46.